The van der Waals surface area contributed by atoms with Crippen LogP contribution in [0.4, 0.5) is 0 Å². The fourth-order valence-electron chi connectivity index (χ4n) is 0.333. The quantitative estimate of drug-likeness (QED) is 0.410. The summed E-state index contributed by atoms with van der Waals surface area (Å²) in [5, 5.41) is 9.74. The van der Waals surface area contributed by atoms with Gasteiger partial charge in [-0.1, -0.05) is 0 Å². The number of nitro groups is 1. The number of hydrogen-bond acceptors (Lipinski definition) is 3. The van der Waals surface area contributed by atoms with Gasteiger partial charge in [0.05, 0.1) is 5.54 Å². The molecule has 8 heavy (non-hydrogen) atoms. The fraction of sp³-hybridized carbons (Fsp3) is 1.00. The smallest absolute Gasteiger partial charge is 0.221 e. The molecule has 0 amide bonds. The van der Waals surface area contributed by atoms with Gasteiger partial charge in [-0.15, -0.1) is 0 Å². The van der Waals surface area contributed by atoms with Crippen molar-refractivity contribution in [2.75, 3.05) is 6.54 Å². The minimum atomic E-state index is -0.677. The second-order valence-corrected chi connectivity index (χ2v) is 2.48. The van der Waals surface area contributed by atoms with Crippen LogP contribution in [-0.4, -0.2) is 17.0 Å². The average molecular weight is 118 g/mol. The molecule has 4 nitrogen and oxygen atoms in total. The number of hydrogen-bond donors (Lipinski definition) is 1. The van der Waals surface area contributed by atoms with Crippen molar-refractivity contribution in [3.63, 3.8) is 0 Å². The summed E-state index contributed by atoms with van der Waals surface area (Å²) in [4.78, 5) is 9.32. The Balaban J connectivity index is 3.55. The van der Waals surface area contributed by atoms with Gasteiger partial charge in [0.2, 0.25) is 6.54 Å². The van der Waals surface area contributed by atoms with E-state index in [4.69, 9.17) is 5.73 Å². The van der Waals surface area contributed by atoms with E-state index in [1.165, 1.54) is 0 Å². The Morgan fingerprint density at radius 3 is 2.12 bits per heavy atom. The molecule has 0 heterocycles. The third-order valence-corrected chi connectivity index (χ3v) is 0.537. The Morgan fingerprint density at radius 1 is 1.75 bits per heavy atom. The molecule has 4 heteroatoms. The first kappa shape index (κ1) is 7.36. The summed E-state index contributed by atoms with van der Waals surface area (Å²) in [6, 6.07) is 0. The maximum Gasteiger partial charge on any atom is 0.221 e. The SMILES string of the molecule is CC(C)(N)C[N+](=O)[O-]. The van der Waals surface area contributed by atoms with Crippen molar-refractivity contribution >= 4 is 0 Å². The van der Waals surface area contributed by atoms with Crippen LogP contribution < -0.4 is 5.73 Å². The Bertz CT molecular complexity index is 94.7. The van der Waals surface area contributed by atoms with E-state index in [1.54, 1.807) is 13.8 Å². The lowest BCUT2D eigenvalue weighted by Crippen LogP contribution is -2.39. The van der Waals surface area contributed by atoms with Crippen molar-refractivity contribution in [1.29, 1.82) is 0 Å². The Kier molecular flexibility index (Phi) is 1.92. The lowest BCUT2D eigenvalue weighted by molar-refractivity contribution is -0.488. The van der Waals surface area contributed by atoms with E-state index in [0.29, 0.717) is 0 Å². The van der Waals surface area contributed by atoms with Crippen LogP contribution in [0.2, 0.25) is 0 Å². The van der Waals surface area contributed by atoms with Gasteiger partial charge in [-0.3, -0.25) is 10.1 Å². The molecule has 0 aliphatic carbocycles. The van der Waals surface area contributed by atoms with Crippen LogP contribution in [0.25, 0.3) is 0 Å². The Labute approximate surface area is 47.8 Å². The van der Waals surface area contributed by atoms with E-state index in [-0.39, 0.29) is 6.54 Å². The van der Waals surface area contributed by atoms with Gasteiger partial charge in [-0.05, 0) is 13.8 Å². The molecular formula is C4H10N2O2. The zero-order valence-electron chi connectivity index (χ0n) is 5.05. The number of nitrogens with two attached hydrogens (primary N) is 1. The molecule has 0 radical (unpaired) electrons. The average Bonchev–Trinajstić information content (AvgIpc) is 1.21. The molecule has 0 saturated heterocycles. The standard InChI is InChI=1S/C4H10N2O2/c1-4(2,5)3-6(7)8/h3,5H2,1-2H3. The molecule has 0 aliphatic heterocycles. The number of nitrogens with zero attached hydrogens (tertiary/aromatic N) is 1. The molecule has 48 valence electrons. The van der Waals surface area contributed by atoms with Crippen molar-refractivity contribution in [3.8, 4) is 0 Å². The minimum Gasteiger partial charge on any atom is -0.320 e. The maximum absolute atomic E-state index is 9.74. The van der Waals surface area contributed by atoms with Gasteiger partial charge >= 0.3 is 0 Å². The highest BCUT2D eigenvalue weighted by Crippen LogP contribution is 1.94. The molecular weight excluding hydrogens is 108 g/mol. The molecule has 0 atom stereocenters. The largest absolute Gasteiger partial charge is 0.320 e. The zero-order valence-corrected chi connectivity index (χ0v) is 5.05. The summed E-state index contributed by atoms with van der Waals surface area (Å²) in [5.41, 5.74) is 4.62. The predicted molar refractivity (Wildman–Crippen MR) is 30.1 cm³/mol. The highest BCUT2D eigenvalue weighted by Gasteiger charge is 2.17. The first-order valence-electron chi connectivity index (χ1n) is 2.32. The van der Waals surface area contributed by atoms with Gasteiger partial charge in [0, 0.05) is 4.92 Å². The molecule has 0 fully saturated rings. The Hall–Kier alpha value is -0.640. The zero-order chi connectivity index (χ0) is 6.78. The van der Waals surface area contributed by atoms with Crippen LogP contribution >= 0.6 is 0 Å². The second-order valence-electron chi connectivity index (χ2n) is 2.48. The van der Waals surface area contributed by atoms with Gasteiger partial charge in [0.15, 0.2) is 0 Å². The summed E-state index contributed by atoms with van der Waals surface area (Å²) < 4.78 is 0. The van der Waals surface area contributed by atoms with E-state index in [2.05, 4.69) is 0 Å². The molecule has 0 aliphatic rings. The first-order valence-corrected chi connectivity index (χ1v) is 2.32. The normalized spacial score (nSPS) is 11.4. The van der Waals surface area contributed by atoms with E-state index in [0.717, 1.165) is 0 Å². The maximum atomic E-state index is 9.74. The van der Waals surface area contributed by atoms with Crippen molar-refractivity contribution < 1.29 is 4.92 Å². The van der Waals surface area contributed by atoms with E-state index < -0.39 is 10.5 Å². The molecule has 0 spiro atoms. The van der Waals surface area contributed by atoms with Crippen molar-refractivity contribution in [2.45, 2.75) is 19.4 Å². The molecule has 0 saturated carbocycles. The summed E-state index contributed by atoms with van der Waals surface area (Å²) >= 11 is 0. The van der Waals surface area contributed by atoms with Gasteiger partial charge in [-0.2, -0.15) is 0 Å². The molecule has 0 aromatic heterocycles. The number of rotatable bonds is 2. The van der Waals surface area contributed by atoms with Crippen LogP contribution in [0.5, 0.6) is 0 Å². The van der Waals surface area contributed by atoms with Crippen LogP contribution in [0.3, 0.4) is 0 Å². The van der Waals surface area contributed by atoms with Crippen molar-refractivity contribution in [2.24, 2.45) is 5.73 Å². The molecule has 0 aromatic rings. The van der Waals surface area contributed by atoms with Crippen LogP contribution in [0.15, 0.2) is 0 Å². The lowest BCUT2D eigenvalue weighted by atomic mass is 10.1. The van der Waals surface area contributed by atoms with Crippen molar-refractivity contribution in [1.82, 2.24) is 0 Å². The molecule has 0 unspecified atom stereocenters. The molecule has 0 rings (SSSR count). The summed E-state index contributed by atoms with van der Waals surface area (Å²) in [7, 11) is 0. The van der Waals surface area contributed by atoms with Crippen LogP contribution in [-0.2, 0) is 0 Å². The van der Waals surface area contributed by atoms with Gasteiger partial charge in [0.1, 0.15) is 0 Å². The lowest BCUT2D eigenvalue weighted by Gasteiger charge is -2.10. The highest BCUT2D eigenvalue weighted by molar-refractivity contribution is 4.68. The van der Waals surface area contributed by atoms with Crippen LogP contribution in [0.1, 0.15) is 13.8 Å². The third-order valence-electron chi connectivity index (χ3n) is 0.537. The van der Waals surface area contributed by atoms with Crippen molar-refractivity contribution in [3.05, 3.63) is 10.1 Å². The van der Waals surface area contributed by atoms with Crippen LogP contribution in [0, 0.1) is 10.1 Å². The third kappa shape index (κ3) is 5.36. The van der Waals surface area contributed by atoms with Gasteiger partial charge < -0.3 is 5.73 Å². The van der Waals surface area contributed by atoms with E-state index >= 15 is 0 Å². The van der Waals surface area contributed by atoms with Gasteiger partial charge in [0.25, 0.3) is 0 Å². The summed E-state index contributed by atoms with van der Waals surface area (Å²) in [5.74, 6) is 0. The second kappa shape index (κ2) is 2.09. The minimum absolute atomic E-state index is 0.174. The highest BCUT2D eigenvalue weighted by atomic mass is 16.6. The van der Waals surface area contributed by atoms with E-state index in [9.17, 15) is 10.1 Å². The summed E-state index contributed by atoms with van der Waals surface area (Å²) in [6.07, 6.45) is 0. The summed E-state index contributed by atoms with van der Waals surface area (Å²) in [6.45, 7) is 3.07. The monoisotopic (exact) mass is 118 g/mol. The van der Waals surface area contributed by atoms with Gasteiger partial charge in [-0.25, -0.2) is 0 Å². The first-order chi connectivity index (χ1) is 3.42. The predicted octanol–water partition coefficient (Wildman–Crippen LogP) is 0.000400. The molecule has 0 aromatic carbocycles. The fourth-order valence-corrected chi connectivity index (χ4v) is 0.333. The molecule has 2 N–H and O–H groups in total. The molecule has 0 bridgehead atoms. The van der Waals surface area contributed by atoms with E-state index in [1.807, 2.05) is 0 Å². The topological polar surface area (TPSA) is 69.2 Å². The Morgan fingerprint density at radius 2 is 2.12 bits per heavy atom.